The van der Waals surface area contributed by atoms with Gasteiger partial charge in [0.2, 0.25) is 5.91 Å². The van der Waals surface area contributed by atoms with Gasteiger partial charge in [0, 0.05) is 31.1 Å². The molecule has 4 saturated heterocycles. The van der Waals surface area contributed by atoms with Crippen LogP contribution in [-0.4, -0.2) is 104 Å². The number of nitrogens with zero attached hydrogens (tertiary/aromatic N) is 1. The third-order valence-corrected chi connectivity index (χ3v) is 16.2. The topological polar surface area (TPSA) is 153 Å². The zero-order valence-corrected chi connectivity index (χ0v) is 32.7. The van der Waals surface area contributed by atoms with Crippen molar-refractivity contribution in [2.24, 2.45) is 17.6 Å². The zero-order valence-electron chi connectivity index (χ0n) is 31.7. The summed E-state index contributed by atoms with van der Waals surface area (Å²) < 4.78 is 26.0. The van der Waals surface area contributed by atoms with E-state index in [0.29, 0.717) is 25.5 Å². The van der Waals surface area contributed by atoms with E-state index in [1.165, 1.54) is 11.0 Å². The summed E-state index contributed by atoms with van der Waals surface area (Å²) in [5.74, 6) is -0.107. The number of rotatable bonds is 13. The van der Waals surface area contributed by atoms with Crippen molar-refractivity contribution in [2.75, 3.05) is 13.2 Å². The normalized spacial score (nSPS) is 36.2. The van der Waals surface area contributed by atoms with Crippen LogP contribution in [0.25, 0.3) is 0 Å². The molecule has 0 aromatic heterocycles. The average Bonchev–Trinajstić information content (AvgIpc) is 3.79. The van der Waals surface area contributed by atoms with Gasteiger partial charge >= 0.3 is 6.09 Å². The number of aldehydes is 1. The summed E-state index contributed by atoms with van der Waals surface area (Å²) in [7, 11) is -2.15. The van der Waals surface area contributed by atoms with Crippen LogP contribution in [0.4, 0.5) is 4.79 Å². The number of piperidine rings is 1. The van der Waals surface area contributed by atoms with Crippen molar-refractivity contribution >= 4 is 26.6 Å². The number of allylic oxidation sites excluding steroid dienone is 3. The van der Waals surface area contributed by atoms with Crippen molar-refractivity contribution in [1.29, 1.82) is 0 Å². The molecule has 11 nitrogen and oxygen atoms in total. The molecule has 2 unspecified atom stereocenters. The Morgan fingerprint density at radius 1 is 1.20 bits per heavy atom. The van der Waals surface area contributed by atoms with Gasteiger partial charge in [0.15, 0.2) is 8.32 Å². The molecule has 282 valence electrons. The summed E-state index contributed by atoms with van der Waals surface area (Å²) in [6.07, 6.45) is 12.6. The molecule has 0 saturated carbocycles. The molecule has 0 aliphatic carbocycles. The lowest BCUT2D eigenvalue weighted by atomic mass is 9.86. The van der Waals surface area contributed by atoms with Gasteiger partial charge in [-0.3, -0.25) is 9.59 Å². The number of amides is 2. The highest BCUT2D eigenvalue weighted by Crippen LogP contribution is 2.48. The molecule has 2 amide bonds. The van der Waals surface area contributed by atoms with Gasteiger partial charge in [0.05, 0.1) is 31.3 Å². The van der Waals surface area contributed by atoms with Crippen LogP contribution in [0, 0.1) is 11.8 Å². The van der Waals surface area contributed by atoms with Crippen LogP contribution in [0.5, 0.6) is 0 Å². The van der Waals surface area contributed by atoms with Crippen LogP contribution in [-0.2, 0) is 28.2 Å². The number of ether oxygens (including phenoxy) is 3. The van der Waals surface area contributed by atoms with Crippen molar-refractivity contribution in [3.63, 3.8) is 0 Å². The monoisotopic (exact) mass is 717 g/mol. The molecule has 0 aromatic rings. The second kappa shape index (κ2) is 16.5. The predicted octanol–water partition coefficient (Wildman–Crippen LogP) is 5.75. The molecule has 4 rings (SSSR count). The Bertz CT molecular complexity index is 1290. The molecule has 4 aliphatic rings. The quantitative estimate of drug-likeness (QED) is 0.0712. The van der Waals surface area contributed by atoms with Gasteiger partial charge in [-0.25, -0.2) is 4.79 Å². The highest BCUT2D eigenvalue weighted by Gasteiger charge is 2.61. The van der Waals surface area contributed by atoms with Crippen molar-refractivity contribution in [2.45, 2.75) is 159 Å². The number of carbonyl (C=O) groups is 3. The van der Waals surface area contributed by atoms with Gasteiger partial charge in [0.1, 0.15) is 24.1 Å². The van der Waals surface area contributed by atoms with Crippen molar-refractivity contribution in [1.82, 2.24) is 10.2 Å². The lowest BCUT2D eigenvalue weighted by Gasteiger charge is -2.46. The first-order valence-electron chi connectivity index (χ1n) is 18.5. The third kappa shape index (κ3) is 10.2. The number of hydrogen-bond donors (Lipinski definition) is 3. The lowest BCUT2D eigenvalue weighted by Crippen LogP contribution is -2.59. The number of hydrogen-bond acceptors (Lipinski definition) is 8. The minimum absolute atomic E-state index is 0.0204. The number of epoxide rings is 1. The summed E-state index contributed by atoms with van der Waals surface area (Å²) in [4.78, 5) is 36.3. The number of primary amides is 1. The van der Waals surface area contributed by atoms with E-state index >= 15 is 0 Å². The number of nitrogens with two attached hydrogens (primary N) is 1. The smallest absolute Gasteiger partial charge is 0.407 e. The van der Waals surface area contributed by atoms with Gasteiger partial charge < -0.3 is 39.7 Å². The Balaban J connectivity index is 1.36. The molecule has 12 heteroatoms. The van der Waals surface area contributed by atoms with Crippen molar-refractivity contribution < 1.29 is 38.1 Å². The highest BCUT2D eigenvalue weighted by atomic mass is 28.4. The molecule has 4 aliphatic heterocycles. The SMILES string of the molecule is CC(C=C[C@H]1O[C@H](CC(N)=O)C[C@@]2(CO2)[C@@H]1O[Si](C)(C)C(C)(C)C)=CC[C@@H]1O[C@H](C)[C@H](NC2CC[C@@H](C(C)C=CC=O)N(C(=O)O)C2)C[C@@H]1C. The minimum atomic E-state index is -2.15. The predicted molar refractivity (Wildman–Crippen MR) is 196 cm³/mol. The van der Waals surface area contributed by atoms with E-state index in [0.717, 1.165) is 37.5 Å². The fourth-order valence-corrected chi connectivity index (χ4v) is 8.92. The van der Waals surface area contributed by atoms with E-state index in [1.807, 2.05) is 6.92 Å². The number of carbonyl (C=O) groups excluding carboxylic acids is 2. The Morgan fingerprint density at radius 3 is 2.50 bits per heavy atom. The van der Waals surface area contributed by atoms with E-state index in [2.05, 4.69) is 78.2 Å². The standard InChI is InChI=1S/C38H63N3O8Si/c1-24(13-17-33-35(49-50(8,9)37(5,6)7)38(23-46-38)21-29(48-33)20-34(39)43)12-16-32-26(3)19-30(27(4)47-32)40-28-14-15-31(25(2)11-10-18-42)41(22-28)36(44)45/h10-13,17-18,25-33,35,40H,14-16,19-23H2,1-9H3,(H2,39,43)(H,44,45)/t25?,26-,27+,28?,29+,30+,31-,32-,33+,35+,38+/m0/s1. The van der Waals surface area contributed by atoms with E-state index < -0.39 is 20.0 Å². The third-order valence-electron chi connectivity index (χ3n) is 11.8. The first-order valence-corrected chi connectivity index (χ1v) is 21.4. The molecule has 50 heavy (non-hydrogen) atoms. The Kier molecular flexibility index (Phi) is 13.4. The van der Waals surface area contributed by atoms with Crippen LogP contribution in [0.15, 0.2) is 36.0 Å². The fourth-order valence-electron chi connectivity index (χ4n) is 7.58. The van der Waals surface area contributed by atoms with E-state index in [-0.39, 0.29) is 71.9 Å². The molecule has 1 spiro atoms. The molecule has 4 fully saturated rings. The largest absolute Gasteiger partial charge is 0.465 e. The van der Waals surface area contributed by atoms with Crippen molar-refractivity contribution in [3.05, 3.63) is 36.0 Å². The average molecular weight is 718 g/mol. The first-order chi connectivity index (χ1) is 23.4. The molecular formula is C38H63N3O8Si. The second-order valence-corrected chi connectivity index (χ2v) is 21.6. The lowest BCUT2D eigenvalue weighted by molar-refractivity contribution is -0.140. The van der Waals surface area contributed by atoms with E-state index in [1.54, 1.807) is 6.08 Å². The number of likely N-dealkylation sites (tertiary alicyclic amines) is 1. The van der Waals surface area contributed by atoms with E-state index in [9.17, 15) is 19.5 Å². The Morgan fingerprint density at radius 2 is 1.90 bits per heavy atom. The summed E-state index contributed by atoms with van der Waals surface area (Å²) >= 11 is 0. The maximum atomic E-state index is 12.1. The molecule has 0 bridgehead atoms. The fraction of sp³-hybridized carbons (Fsp3) is 0.763. The van der Waals surface area contributed by atoms with Gasteiger partial charge in [-0.1, -0.05) is 64.5 Å². The van der Waals surface area contributed by atoms with Crippen LogP contribution < -0.4 is 11.1 Å². The molecular weight excluding hydrogens is 655 g/mol. The second-order valence-electron chi connectivity index (χ2n) is 16.8. The van der Waals surface area contributed by atoms with E-state index in [4.69, 9.17) is 24.4 Å². The van der Waals surface area contributed by atoms with Gasteiger partial charge in [-0.05, 0) is 75.6 Å². The summed E-state index contributed by atoms with van der Waals surface area (Å²) in [5.41, 5.74) is 6.20. The summed E-state index contributed by atoms with van der Waals surface area (Å²) in [6, 6.07) is 0.0300. The van der Waals surface area contributed by atoms with Crippen LogP contribution in [0.2, 0.25) is 18.1 Å². The van der Waals surface area contributed by atoms with Crippen LogP contribution in [0.3, 0.4) is 0 Å². The van der Waals surface area contributed by atoms with Crippen LogP contribution in [0.1, 0.15) is 87.0 Å². The van der Waals surface area contributed by atoms with Gasteiger partial charge in [-0.2, -0.15) is 0 Å². The Labute approximate surface area is 300 Å². The summed E-state index contributed by atoms with van der Waals surface area (Å²) in [5, 5.41) is 13.7. The molecule has 0 aromatic carbocycles. The first kappa shape index (κ1) is 40.4. The molecule has 4 heterocycles. The van der Waals surface area contributed by atoms with Crippen molar-refractivity contribution in [3.8, 4) is 0 Å². The minimum Gasteiger partial charge on any atom is -0.465 e. The number of carboxylic acid groups (broad SMARTS) is 1. The summed E-state index contributed by atoms with van der Waals surface area (Å²) in [6.45, 7) is 20.5. The van der Waals surface area contributed by atoms with Gasteiger partial charge in [-0.15, -0.1) is 0 Å². The zero-order chi connectivity index (χ0) is 37.0. The maximum Gasteiger partial charge on any atom is 0.407 e. The Hall–Kier alpha value is -2.35. The molecule has 4 N–H and O–H groups in total. The number of nitrogens with one attached hydrogen (secondary N) is 1. The van der Waals surface area contributed by atoms with Gasteiger partial charge in [0.25, 0.3) is 0 Å². The molecule has 11 atom stereocenters. The maximum absolute atomic E-state index is 12.1. The highest BCUT2D eigenvalue weighted by molar-refractivity contribution is 6.74. The molecule has 0 radical (unpaired) electrons. The van der Waals surface area contributed by atoms with Crippen LogP contribution >= 0.6 is 0 Å².